The maximum Gasteiger partial charge on any atom is 0.335 e. The molecule has 3 aliphatic carbocycles. The number of unbranched alkanes of at least 4 members (excludes halogenated alkanes) is 4. The predicted octanol–water partition coefficient (Wildman–Crippen LogP) is 6.62. The van der Waals surface area contributed by atoms with E-state index in [0.29, 0.717) is 41.5 Å². The van der Waals surface area contributed by atoms with E-state index in [9.17, 15) is 29.1 Å². The molecule has 1 saturated carbocycles. The monoisotopic (exact) mass is 799 g/mol. The van der Waals surface area contributed by atoms with Crippen LogP contribution in [0.1, 0.15) is 103 Å². The van der Waals surface area contributed by atoms with Gasteiger partial charge in [0.2, 0.25) is 11.8 Å². The van der Waals surface area contributed by atoms with E-state index in [4.69, 9.17) is 19.0 Å². The standard InChI is InChI=1S/C45H57N3O10/c1-7-9-11-21-47(22-12-10-8-2)44(52)42-40-35-23-33(58-28-29-13-15-30(16-14-29)45(53)54)19-20-34(35)36(25-37(40)49)41(42)43(51)46(3)27-39(50)48(57-6)26-31-17-18-32(55-4)24-38(31)56-5/h13-20,23-24,36,40-42H,7-12,21-22,25-28H2,1-6H3,(H,53,54). The summed E-state index contributed by atoms with van der Waals surface area (Å²) in [6.45, 7) is 5.16. The van der Waals surface area contributed by atoms with Gasteiger partial charge in [0.25, 0.3) is 5.91 Å². The smallest absolute Gasteiger partial charge is 0.335 e. The van der Waals surface area contributed by atoms with Gasteiger partial charge in [0.05, 0.1) is 51.2 Å². The molecule has 58 heavy (non-hydrogen) atoms. The van der Waals surface area contributed by atoms with Crippen LogP contribution in [0, 0.1) is 11.8 Å². The molecule has 4 unspecified atom stereocenters. The third kappa shape index (κ3) is 9.98. The molecule has 13 heteroatoms. The van der Waals surface area contributed by atoms with Crippen LogP contribution in [0.5, 0.6) is 17.2 Å². The summed E-state index contributed by atoms with van der Waals surface area (Å²) in [5.74, 6) is -3.89. The molecular formula is C45H57N3O10. The Morgan fingerprint density at radius 1 is 0.776 bits per heavy atom. The summed E-state index contributed by atoms with van der Waals surface area (Å²) in [4.78, 5) is 77.5. The molecule has 3 aromatic rings. The number of carboxylic acids is 1. The zero-order chi connectivity index (χ0) is 41.9. The maximum atomic E-state index is 14.9. The first-order valence-electron chi connectivity index (χ1n) is 20.2. The molecule has 0 spiro atoms. The molecular weight excluding hydrogens is 743 g/mol. The summed E-state index contributed by atoms with van der Waals surface area (Å²) >= 11 is 0. The van der Waals surface area contributed by atoms with Gasteiger partial charge >= 0.3 is 5.97 Å². The second-order valence-electron chi connectivity index (χ2n) is 15.1. The Bertz CT molecular complexity index is 1920. The number of ether oxygens (including phenoxy) is 3. The number of nitrogens with zero attached hydrogens (tertiary/aromatic N) is 3. The van der Waals surface area contributed by atoms with Crippen LogP contribution >= 0.6 is 0 Å². The number of carbonyl (C=O) groups is 5. The largest absolute Gasteiger partial charge is 0.497 e. The molecule has 13 nitrogen and oxygen atoms in total. The Hall–Kier alpha value is -5.43. The van der Waals surface area contributed by atoms with Crippen LogP contribution in [0.4, 0.5) is 0 Å². The number of fused-ring (bicyclic) bond motifs is 2. The van der Waals surface area contributed by atoms with Crippen molar-refractivity contribution < 1.29 is 48.1 Å². The molecule has 0 radical (unpaired) electrons. The van der Waals surface area contributed by atoms with Crippen molar-refractivity contribution in [2.45, 2.75) is 83.8 Å². The number of Topliss-reactive ketones (excluding diaryl/α,β-unsaturated/α-hetero) is 1. The lowest BCUT2D eigenvalue weighted by Gasteiger charge is -2.49. The van der Waals surface area contributed by atoms with Crippen molar-refractivity contribution in [3.05, 3.63) is 88.5 Å². The summed E-state index contributed by atoms with van der Waals surface area (Å²) < 4.78 is 17.0. The number of hydrogen-bond acceptors (Lipinski definition) is 9. The van der Waals surface area contributed by atoms with Gasteiger partial charge in [0, 0.05) is 44.1 Å². The van der Waals surface area contributed by atoms with Gasteiger partial charge in [-0.3, -0.25) is 24.0 Å². The Morgan fingerprint density at radius 3 is 2.05 bits per heavy atom. The number of likely N-dealkylation sites (N-methyl/N-ethyl adjacent to an activating group) is 1. The Labute approximate surface area is 341 Å². The highest BCUT2D eigenvalue weighted by molar-refractivity contribution is 6.01. The topological polar surface area (TPSA) is 152 Å². The highest BCUT2D eigenvalue weighted by atomic mass is 16.7. The van der Waals surface area contributed by atoms with Crippen LogP contribution < -0.4 is 14.2 Å². The highest BCUT2D eigenvalue weighted by Gasteiger charge is 2.57. The minimum absolute atomic E-state index is 0.0458. The van der Waals surface area contributed by atoms with Crippen LogP contribution in [0.15, 0.2) is 60.7 Å². The zero-order valence-corrected chi connectivity index (χ0v) is 34.5. The molecule has 3 aliphatic rings. The van der Waals surface area contributed by atoms with Gasteiger partial charge in [-0.05, 0) is 65.9 Å². The van der Waals surface area contributed by atoms with Crippen LogP contribution in [0.25, 0.3) is 0 Å². The lowest BCUT2D eigenvalue weighted by Crippen LogP contribution is -2.56. The summed E-state index contributed by atoms with van der Waals surface area (Å²) in [6, 6.07) is 17.1. The number of methoxy groups -OCH3 is 2. The zero-order valence-electron chi connectivity index (χ0n) is 34.5. The van der Waals surface area contributed by atoms with Crippen LogP contribution in [-0.4, -0.2) is 97.5 Å². The molecule has 0 aromatic heterocycles. The fraction of sp³-hybridized carbons (Fsp3) is 0.489. The molecule has 0 aliphatic heterocycles. The predicted molar refractivity (Wildman–Crippen MR) is 217 cm³/mol. The summed E-state index contributed by atoms with van der Waals surface area (Å²) in [5, 5.41) is 10.4. The fourth-order valence-electron chi connectivity index (χ4n) is 8.23. The molecule has 1 N–H and O–H groups in total. The minimum atomic E-state index is -1.02. The number of carboxylic acid groups (broad SMARTS) is 1. The van der Waals surface area contributed by atoms with Crippen molar-refractivity contribution in [3.8, 4) is 17.2 Å². The normalized spacial score (nSPS) is 17.9. The number of benzene rings is 3. The van der Waals surface area contributed by atoms with E-state index in [1.54, 1.807) is 50.6 Å². The second-order valence-corrected chi connectivity index (χ2v) is 15.1. The van der Waals surface area contributed by atoms with E-state index < -0.39 is 35.5 Å². The quantitative estimate of drug-likeness (QED) is 0.0919. The molecule has 0 saturated heterocycles. The number of ketones is 1. The van der Waals surface area contributed by atoms with Crippen LogP contribution in [0.2, 0.25) is 0 Å². The van der Waals surface area contributed by atoms with Crippen molar-refractivity contribution in [1.29, 1.82) is 0 Å². The van der Waals surface area contributed by atoms with Crippen molar-refractivity contribution >= 4 is 29.5 Å². The second kappa shape index (κ2) is 20.3. The van der Waals surface area contributed by atoms with Gasteiger partial charge in [-0.25, -0.2) is 9.86 Å². The van der Waals surface area contributed by atoms with E-state index in [1.165, 1.54) is 31.3 Å². The first-order chi connectivity index (χ1) is 27.9. The molecule has 6 rings (SSSR count). The SMILES string of the molecule is CCCCCN(CCCCC)C(=O)C1C2C(=O)CC(c3ccc(OCc4ccc(C(=O)O)cc4)cc32)C1C(=O)N(C)CC(=O)N(Cc1ccc(OC)cc1OC)OC. The minimum Gasteiger partial charge on any atom is -0.497 e. The molecule has 2 bridgehead atoms. The lowest BCUT2D eigenvalue weighted by molar-refractivity contribution is -0.181. The number of hydrogen-bond donors (Lipinski definition) is 1. The van der Waals surface area contributed by atoms with E-state index >= 15 is 0 Å². The third-order valence-corrected chi connectivity index (χ3v) is 11.3. The molecule has 3 aromatic carbocycles. The van der Waals surface area contributed by atoms with E-state index in [1.807, 2.05) is 17.0 Å². The average Bonchev–Trinajstić information content (AvgIpc) is 3.23. The number of carbonyl (C=O) groups excluding carboxylic acids is 4. The maximum absolute atomic E-state index is 14.9. The van der Waals surface area contributed by atoms with Crippen LogP contribution in [0.3, 0.4) is 0 Å². The molecule has 1 fully saturated rings. The average molecular weight is 800 g/mol. The first kappa shape index (κ1) is 43.7. The summed E-state index contributed by atoms with van der Waals surface area (Å²) in [7, 11) is 6.00. The van der Waals surface area contributed by atoms with Gasteiger partial charge in [0.1, 0.15) is 36.2 Å². The first-order valence-corrected chi connectivity index (χ1v) is 20.2. The third-order valence-electron chi connectivity index (χ3n) is 11.3. The Balaban J connectivity index is 1.45. The van der Waals surface area contributed by atoms with Crippen LogP contribution in [-0.2, 0) is 37.2 Å². The summed E-state index contributed by atoms with van der Waals surface area (Å²) in [5.41, 5.74) is 3.11. The lowest BCUT2D eigenvalue weighted by atomic mass is 9.55. The molecule has 0 heterocycles. The van der Waals surface area contributed by atoms with Gasteiger partial charge in [-0.15, -0.1) is 0 Å². The van der Waals surface area contributed by atoms with E-state index in [-0.39, 0.29) is 49.3 Å². The van der Waals surface area contributed by atoms with E-state index in [0.717, 1.165) is 54.7 Å². The summed E-state index contributed by atoms with van der Waals surface area (Å²) in [6.07, 6.45) is 5.57. The number of aromatic carboxylic acids is 1. The number of amides is 3. The number of rotatable bonds is 21. The van der Waals surface area contributed by atoms with Crippen molar-refractivity contribution in [3.63, 3.8) is 0 Å². The van der Waals surface area contributed by atoms with Crippen molar-refractivity contribution in [2.24, 2.45) is 11.8 Å². The molecule has 4 atom stereocenters. The Kier molecular flexibility index (Phi) is 15.3. The van der Waals surface area contributed by atoms with Gasteiger partial charge < -0.3 is 29.1 Å². The van der Waals surface area contributed by atoms with Gasteiger partial charge in [-0.2, -0.15) is 0 Å². The van der Waals surface area contributed by atoms with Gasteiger partial charge in [0.15, 0.2) is 0 Å². The van der Waals surface area contributed by atoms with Crippen molar-refractivity contribution in [1.82, 2.24) is 14.9 Å². The van der Waals surface area contributed by atoms with E-state index in [2.05, 4.69) is 13.8 Å². The van der Waals surface area contributed by atoms with Gasteiger partial charge in [-0.1, -0.05) is 57.7 Å². The Morgan fingerprint density at radius 2 is 1.45 bits per heavy atom. The number of hydroxylamine groups is 2. The van der Waals surface area contributed by atoms with Crippen molar-refractivity contribution in [2.75, 3.05) is 48.0 Å². The highest BCUT2D eigenvalue weighted by Crippen LogP contribution is 2.55. The fourth-order valence-corrected chi connectivity index (χ4v) is 8.23. The molecule has 3 amide bonds. The molecule has 312 valence electrons.